The van der Waals surface area contributed by atoms with E-state index in [0.29, 0.717) is 24.7 Å². The van der Waals surface area contributed by atoms with Crippen molar-refractivity contribution < 1.29 is 19.4 Å². The first-order valence-corrected chi connectivity index (χ1v) is 6.01. The molecule has 0 bridgehead atoms. The van der Waals surface area contributed by atoms with Gasteiger partial charge in [-0.05, 0) is 24.6 Å². The zero-order chi connectivity index (χ0) is 13.3. The summed E-state index contributed by atoms with van der Waals surface area (Å²) in [5.74, 6) is -0.0759. The van der Waals surface area contributed by atoms with Gasteiger partial charge in [0.05, 0.1) is 19.1 Å². The summed E-state index contributed by atoms with van der Waals surface area (Å²) in [6, 6.07) is 5.32. The van der Waals surface area contributed by atoms with Gasteiger partial charge < -0.3 is 14.6 Å². The van der Waals surface area contributed by atoms with Crippen LogP contribution in [0, 0.1) is 5.41 Å². The summed E-state index contributed by atoms with van der Waals surface area (Å²) in [5.41, 5.74) is 0.682. The second kappa shape index (κ2) is 4.52. The van der Waals surface area contributed by atoms with Crippen LogP contribution in [0.2, 0.25) is 0 Å². The number of carboxylic acids is 1. The van der Waals surface area contributed by atoms with Crippen molar-refractivity contribution in [3.63, 3.8) is 0 Å². The Hall–Kier alpha value is -1.71. The van der Waals surface area contributed by atoms with Gasteiger partial charge in [0.1, 0.15) is 0 Å². The van der Waals surface area contributed by atoms with E-state index in [2.05, 4.69) is 13.8 Å². The molecule has 0 aliphatic carbocycles. The molecule has 1 aliphatic heterocycles. The molecule has 0 aromatic heterocycles. The lowest BCUT2D eigenvalue weighted by Crippen LogP contribution is -2.26. The van der Waals surface area contributed by atoms with Crippen molar-refractivity contribution in [2.24, 2.45) is 5.41 Å². The van der Waals surface area contributed by atoms with E-state index in [9.17, 15) is 4.79 Å². The fourth-order valence-electron chi connectivity index (χ4n) is 1.76. The summed E-state index contributed by atoms with van der Waals surface area (Å²) < 4.78 is 11.4. The smallest absolute Gasteiger partial charge is 0.310 e. The van der Waals surface area contributed by atoms with Crippen molar-refractivity contribution >= 4 is 5.97 Å². The molecule has 0 fully saturated rings. The van der Waals surface area contributed by atoms with E-state index in [-0.39, 0.29) is 5.41 Å². The third kappa shape index (κ3) is 2.58. The minimum Gasteiger partial charge on any atom is -0.489 e. The third-order valence-electron chi connectivity index (χ3n) is 3.08. The molecule has 1 aliphatic rings. The van der Waals surface area contributed by atoms with Crippen molar-refractivity contribution in [2.75, 3.05) is 13.2 Å². The molecule has 0 radical (unpaired) electrons. The van der Waals surface area contributed by atoms with Crippen molar-refractivity contribution in [2.45, 2.75) is 26.7 Å². The molecule has 0 amide bonds. The molecule has 1 heterocycles. The number of benzene rings is 1. The minimum absolute atomic E-state index is 0.0441. The number of hydrogen-bond acceptors (Lipinski definition) is 3. The summed E-state index contributed by atoms with van der Waals surface area (Å²) in [6.07, 6.45) is 0. The maximum Gasteiger partial charge on any atom is 0.310 e. The molecule has 4 nitrogen and oxygen atoms in total. The van der Waals surface area contributed by atoms with Gasteiger partial charge in [-0.3, -0.25) is 4.79 Å². The van der Waals surface area contributed by atoms with Crippen molar-refractivity contribution in [3.8, 4) is 11.5 Å². The van der Waals surface area contributed by atoms with Gasteiger partial charge in [0.2, 0.25) is 0 Å². The summed E-state index contributed by atoms with van der Waals surface area (Å²) in [6.45, 7) is 6.95. The average Bonchev–Trinajstić information content (AvgIpc) is 2.47. The molecule has 4 heteroatoms. The molecule has 1 N–H and O–H groups in total. The van der Waals surface area contributed by atoms with Gasteiger partial charge >= 0.3 is 5.97 Å². The molecule has 1 aromatic rings. The molecule has 1 aromatic carbocycles. The first-order chi connectivity index (χ1) is 8.39. The molecule has 0 spiro atoms. The predicted octanol–water partition coefficient (Wildman–Crippen LogP) is 2.67. The van der Waals surface area contributed by atoms with E-state index in [1.54, 1.807) is 25.1 Å². The monoisotopic (exact) mass is 250 g/mol. The Labute approximate surface area is 107 Å². The van der Waals surface area contributed by atoms with Gasteiger partial charge in [0, 0.05) is 5.41 Å². The van der Waals surface area contributed by atoms with Crippen LogP contribution in [0.5, 0.6) is 11.5 Å². The zero-order valence-corrected chi connectivity index (χ0v) is 10.9. The zero-order valence-electron chi connectivity index (χ0n) is 10.9. The lowest BCUT2D eigenvalue weighted by atomic mass is 9.97. The highest BCUT2D eigenvalue weighted by molar-refractivity contribution is 5.75. The second-order valence-corrected chi connectivity index (χ2v) is 5.51. The van der Waals surface area contributed by atoms with Crippen LogP contribution in [-0.2, 0) is 4.79 Å². The SMILES string of the molecule is CC(C(=O)O)c1ccc2c(c1)OCC(C)(C)CO2. The van der Waals surface area contributed by atoms with E-state index in [0.717, 1.165) is 5.56 Å². The maximum absolute atomic E-state index is 11.0. The molecule has 0 saturated heterocycles. The van der Waals surface area contributed by atoms with Gasteiger partial charge in [-0.1, -0.05) is 19.9 Å². The Morgan fingerprint density at radius 3 is 2.50 bits per heavy atom. The molecular formula is C14H18O4. The van der Waals surface area contributed by atoms with E-state index in [1.807, 2.05) is 0 Å². The average molecular weight is 250 g/mol. The lowest BCUT2D eigenvalue weighted by molar-refractivity contribution is -0.138. The van der Waals surface area contributed by atoms with Crippen molar-refractivity contribution in [1.82, 2.24) is 0 Å². The molecule has 98 valence electrons. The molecular weight excluding hydrogens is 232 g/mol. The molecule has 1 atom stereocenters. The van der Waals surface area contributed by atoms with Crippen LogP contribution in [0.25, 0.3) is 0 Å². The Morgan fingerprint density at radius 2 is 1.89 bits per heavy atom. The standard InChI is InChI=1S/C14H18O4/c1-9(13(15)16)10-4-5-11-12(6-10)18-8-14(2,3)7-17-11/h4-6,9H,7-8H2,1-3H3,(H,15,16). The quantitative estimate of drug-likeness (QED) is 0.876. The van der Waals surface area contributed by atoms with Gasteiger partial charge in [0.15, 0.2) is 11.5 Å². The molecule has 0 saturated carbocycles. The van der Waals surface area contributed by atoms with Crippen LogP contribution in [0.4, 0.5) is 0 Å². The number of hydrogen-bond donors (Lipinski definition) is 1. The minimum atomic E-state index is -0.843. The normalized spacial score (nSPS) is 18.8. The first-order valence-electron chi connectivity index (χ1n) is 6.01. The third-order valence-corrected chi connectivity index (χ3v) is 3.08. The van der Waals surface area contributed by atoms with Crippen LogP contribution in [-0.4, -0.2) is 24.3 Å². The van der Waals surface area contributed by atoms with E-state index >= 15 is 0 Å². The Bertz CT molecular complexity index is 465. The van der Waals surface area contributed by atoms with E-state index < -0.39 is 11.9 Å². The van der Waals surface area contributed by atoms with Crippen LogP contribution >= 0.6 is 0 Å². The van der Waals surface area contributed by atoms with Crippen LogP contribution < -0.4 is 9.47 Å². The highest BCUT2D eigenvalue weighted by Gasteiger charge is 2.26. The van der Waals surface area contributed by atoms with E-state index in [1.165, 1.54) is 0 Å². The number of ether oxygens (including phenoxy) is 2. The fourth-order valence-corrected chi connectivity index (χ4v) is 1.76. The number of carboxylic acid groups (broad SMARTS) is 1. The van der Waals surface area contributed by atoms with Gasteiger partial charge in [-0.15, -0.1) is 0 Å². The van der Waals surface area contributed by atoms with E-state index in [4.69, 9.17) is 14.6 Å². The van der Waals surface area contributed by atoms with Crippen LogP contribution in [0.1, 0.15) is 32.3 Å². The number of aliphatic carboxylic acids is 1. The Morgan fingerprint density at radius 1 is 1.28 bits per heavy atom. The second-order valence-electron chi connectivity index (χ2n) is 5.51. The summed E-state index contributed by atoms with van der Waals surface area (Å²) in [7, 11) is 0. The maximum atomic E-state index is 11.0. The number of carbonyl (C=O) groups is 1. The molecule has 1 unspecified atom stereocenters. The highest BCUT2D eigenvalue weighted by atomic mass is 16.5. The van der Waals surface area contributed by atoms with Crippen LogP contribution in [0.15, 0.2) is 18.2 Å². The number of fused-ring (bicyclic) bond motifs is 1. The lowest BCUT2D eigenvalue weighted by Gasteiger charge is -2.19. The van der Waals surface area contributed by atoms with Gasteiger partial charge in [-0.2, -0.15) is 0 Å². The largest absolute Gasteiger partial charge is 0.489 e. The topological polar surface area (TPSA) is 55.8 Å². The Balaban J connectivity index is 2.28. The summed E-state index contributed by atoms with van der Waals surface area (Å²) in [5, 5.41) is 9.01. The Kier molecular flexibility index (Phi) is 3.20. The number of rotatable bonds is 2. The highest BCUT2D eigenvalue weighted by Crippen LogP contribution is 2.35. The van der Waals surface area contributed by atoms with Crippen molar-refractivity contribution in [3.05, 3.63) is 23.8 Å². The van der Waals surface area contributed by atoms with Gasteiger partial charge in [-0.25, -0.2) is 0 Å². The first kappa shape index (κ1) is 12.7. The van der Waals surface area contributed by atoms with Crippen LogP contribution in [0.3, 0.4) is 0 Å². The summed E-state index contributed by atoms with van der Waals surface area (Å²) in [4.78, 5) is 11.0. The van der Waals surface area contributed by atoms with Gasteiger partial charge in [0.25, 0.3) is 0 Å². The fraction of sp³-hybridized carbons (Fsp3) is 0.500. The molecule has 2 rings (SSSR count). The molecule has 18 heavy (non-hydrogen) atoms. The predicted molar refractivity (Wildman–Crippen MR) is 67.3 cm³/mol. The summed E-state index contributed by atoms with van der Waals surface area (Å²) >= 11 is 0. The van der Waals surface area contributed by atoms with Crippen molar-refractivity contribution in [1.29, 1.82) is 0 Å².